The van der Waals surface area contributed by atoms with E-state index in [1.54, 1.807) is 13.8 Å². The topological polar surface area (TPSA) is 103 Å². The molecule has 1 aromatic rings. The number of halogens is 3. The summed E-state index contributed by atoms with van der Waals surface area (Å²) < 4.78 is 39.7. The number of nitrogens with one attached hydrogen (secondary N) is 4. The molecular weight excluding hydrogens is 463 g/mol. The standard InChI is InChI=1S/C24H36F3N5O3/c1-6-15-11-17(32(4)5)8-10-19(15)30-21(33)13-28-22(34)18-12-16(24(25,26)27)7-9-20(18)31-23(35)29-14(2)3/h7,9,12,14-15,17,19H,6,8,10-11,13H2,1-5H3,(H,28,34)(H,30,33)(H2,29,31,35)/t15-,17+,19-/m0/s1. The van der Waals surface area contributed by atoms with Crippen LogP contribution in [0.5, 0.6) is 0 Å². The van der Waals surface area contributed by atoms with E-state index < -0.39 is 36.1 Å². The minimum absolute atomic E-state index is 0.0221. The Morgan fingerprint density at radius 2 is 1.83 bits per heavy atom. The highest BCUT2D eigenvalue weighted by atomic mass is 19.4. The molecule has 1 aliphatic carbocycles. The Bertz CT molecular complexity index is 905. The largest absolute Gasteiger partial charge is 0.416 e. The molecule has 0 aliphatic heterocycles. The molecule has 4 N–H and O–H groups in total. The van der Waals surface area contributed by atoms with Crippen molar-refractivity contribution in [3.8, 4) is 0 Å². The summed E-state index contributed by atoms with van der Waals surface area (Å²) in [6, 6.07) is 2.01. The SMILES string of the molecule is CC[C@H]1C[C@H](N(C)C)CC[C@@H]1NC(=O)CNC(=O)c1cc(C(F)(F)F)ccc1NC(=O)NC(C)C. The zero-order chi connectivity index (χ0) is 26.3. The summed E-state index contributed by atoms with van der Waals surface area (Å²) in [5.74, 6) is -1.01. The molecule has 0 saturated heterocycles. The molecule has 1 fully saturated rings. The van der Waals surface area contributed by atoms with Crippen LogP contribution in [0.4, 0.5) is 23.7 Å². The number of hydrogen-bond acceptors (Lipinski definition) is 4. The lowest BCUT2D eigenvalue weighted by Crippen LogP contribution is -2.49. The monoisotopic (exact) mass is 499 g/mol. The first kappa shape index (κ1) is 28.4. The van der Waals surface area contributed by atoms with Crippen LogP contribution in [0.25, 0.3) is 0 Å². The number of rotatable bonds is 8. The normalized spacial score (nSPS) is 20.5. The molecule has 1 aliphatic rings. The van der Waals surface area contributed by atoms with Gasteiger partial charge in [0.15, 0.2) is 0 Å². The second-order valence-electron chi connectivity index (χ2n) is 9.47. The lowest BCUT2D eigenvalue weighted by atomic mass is 9.79. The second kappa shape index (κ2) is 12.2. The molecule has 0 aromatic heterocycles. The Balaban J connectivity index is 2.07. The zero-order valence-corrected chi connectivity index (χ0v) is 20.9. The summed E-state index contributed by atoms with van der Waals surface area (Å²) in [4.78, 5) is 39.5. The molecule has 1 saturated carbocycles. The molecule has 0 radical (unpaired) electrons. The van der Waals surface area contributed by atoms with Crippen molar-refractivity contribution in [1.82, 2.24) is 20.9 Å². The third kappa shape index (κ3) is 8.41. The van der Waals surface area contributed by atoms with Gasteiger partial charge < -0.3 is 26.2 Å². The molecule has 1 aromatic carbocycles. The predicted molar refractivity (Wildman–Crippen MR) is 128 cm³/mol. The van der Waals surface area contributed by atoms with Gasteiger partial charge in [-0.05, 0) is 71.3 Å². The van der Waals surface area contributed by atoms with E-state index in [2.05, 4.69) is 33.1 Å². The summed E-state index contributed by atoms with van der Waals surface area (Å²) in [5, 5.41) is 10.3. The van der Waals surface area contributed by atoms with Crippen LogP contribution in [0.15, 0.2) is 18.2 Å². The van der Waals surface area contributed by atoms with E-state index in [1.165, 1.54) is 0 Å². The van der Waals surface area contributed by atoms with Gasteiger partial charge in [-0.15, -0.1) is 0 Å². The Morgan fingerprint density at radius 3 is 2.40 bits per heavy atom. The van der Waals surface area contributed by atoms with Crippen LogP contribution in [0.2, 0.25) is 0 Å². The molecule has 0 spiro atoms. The van der Waals surface area contributed by atoms with Gasteiger partial charge >= 0.3 is 12.2 Å². The molecule has 4 amide bonds. The molecule has 0 bridgehead atoms. The van der Waals surface area contributed by atoms with Gasteiger partial charge in [-0.3, -0.25) is 9.59 Å². The van der Waals surface area contributed by atoms with Crippen molar-refractivity contribution >= 4 is 23.5 Å². The van der Waals surface area contributed by atoms with Crippen LogP contribution in [0.3, 0.4) is 0 Å². The first-order valence-electron chi connectivity index (χ1n) is 11.8. The van der Waals surface area contributed by atoms with Gasteiger partial charge in [0.1, 0.15) is 0 Å². The lowest BCUT2D eigenvalue weighted by molar-refractivity contribution is -0.137. The van der Waals surface area contributed by atoms with Crippen LogP contribution in [-0.4, -0.2) is 61.5 Å². The van der Waals surface area contributed by atoms with Crippen molar-refractivity contribution in [3.63, 3.8) is 0 Å². The van der Waals surface area contributed by atoms with E-state index in [0.29, 0.717) is 18.0 Å². The smallest absolute Gasteiger partial charge is 0.352 e. The number of nitrogens with zero attached hydrogens (tertiary/aromatic N) is 1. The van der Waals surface area contributed by atoms with Gasteiger partial charge in [-0.1, -0.05) is 13.3 Å². The zero-order valence-electron chi connectivity index (χ0n) is 20.9. The van der Waals surface area contributed by atoms with E-state index in [4.69, 9.17) is 0 Å². The molecule has 0 heterocycles. The second-order valence-corrected chi connectivity index (χ2v) is 9.47. The Kier molecular flexibility index (Phi) is 9.93. The quantitative estimate of drug-likeness (QED) is 0.439. The molecule has 8 nitrogen and oxygen atoms in total. The minimum atomic E-state index is -4.67. The highest BCUT2D eigenvalue weighted by Crippen LogP contribution is 2.32. The summed E-state index contributed by atoms with van der Waals surface area (Å²) in [7, 11) is 4.07. The Labute approximate surface area is 204 Å². The fourth-order valence-corrected chi connectivity index (χ4v) is 4.30. The first-order chi connectivity index (χ1) is 16.3. The average molecular weight is 500 g/mol. The number of alkyl halides is 3. The summed E-state index contributed by atoms with van der Waals surface area (Å²) in [6.45, 7) is 5.11. The van der Waals surface area contributed by atoms with Gasteiger partial charge in [-0.2, -0.15) is 13.2 Å². The van der Waals surface area contributed by atoms with E-state index in [0.717, 1.165) is 37.8 Å². The maximum Gasteiger partial charge on any atom is 0.416 e. The van der Waals surface area contributed by atoms with Gasteiger partial charge in [-0.25, -0.2) is 4.79 Å². The summed E-state index contributed by atoms with van der Waals surface area (Å²) >= 11 is 0. The van der Waals surface area contributed by atoms with Gasteiger partial charge in [0, 0.05) is 18.1 Å². The minimum Gasteiger partial charge on any atom is -0.352 e. The Hall–Kier alpha value is -2.82. The fraction of sp³-hybridized carbons (Fsp3) is 0.625. The highest BCUT2D eigenvalue weighted by Gasteiger charge is 2.33. The summed E-state index contributed by atoms with van der Waals surface area (Å²) in [5.41, 5.74) is -1.52. The molecule has 0 unspecified atom stereocenters. The summed E-state index contributed by atoms with van der Waals surface area (Å²) in [6.07, 6.45) is -1.06. The van der Waals surface area contributed by atoms with Crippen molar-refractivity contribution in [3.05, 3.63) is 29.3 Å². The molecule has 2 rings (SSSR count). The molecule has 3 atom stereocenters. The van der Waals surface area contributed by atoms with E-state index in [1.807, 2.05) is 14.1 Å². The number of hydrogen-bond donors (Lipinski definition) is 4. The number of benzene rings is 1. The number of anilines is 1. The first-order valence-corrected chi connectivity index (χ1v) is 11.8. The third-order valence-corrected chi connectivity index (χ3v) is 6.22. The van der Waals surface area contributed by atoms with Gasteiger partial charge in [0.05, 0.1) is 23.4 Å². The number of amides is 4. The molecule has 11 heteroatoms. The predicted octanol–water partition coefficient (Wildman–Crippen LogP) is 3.59. The van der Waals surface area contributed by atoms with Crippen LogP contribution in [-0.2, 0) is 11.0 Å². The molecular formula is C24H36F3N5O3. The van der Waals surface area contributed by atoms with Crippen molar-refractivity contribution in [2.45, 2.75) is 70.8 Å². The molecule has 35 heavy (non-hydrogen) atoms. The highest BCUT2D eigenvalue weighted by molar-refractivity contribution is 6.04. The van der Waals surface area contributed by atoms with Crippen LogP contribution in [0, 0.1) is 5.92 Å². The van der Waals surface area contributed by atoms with Crippen LogP contribution in [0.1, 0.15) is 62.4 Å². The van der Waals surface area contributed by atoms with E-state index in [9.17, 15) is 27.6 Å². The van der Waals surface area contributed by atoms with Crippen molar-refractivity contribution in [1.29, 1.82) is 0 Å². The number of urea groups is 1. The van der Waals surface area contributed by atoms with Crippen LogP contribution < -0.4 is 21.3 Å². The van der Waals surface area contributed by atoms with Crippen LogP contribution >= 0.6 is 0 Å². The number of carbonyl (C=O) groups is 3. The van der Waals surface area contributed by atoms with E-state index in [-0.39, 0.29) is 23.3 Å². The van der Waals surface area contributed by atoms with Crippen molar-refractivity contribution in [2.75, 3.05) is 26.0 Å². The number of carbonyl (C=O) groups excluding carboxylic acids is 3. The lowest BCUT2D eigenvalue weighted by Gasteiger charge is -2.39. The maximum absolute atomic E-state index is 13.2. The van der Waals surface area contributed by atoms with Crippen molar-refractivity contribution < 1.29 is 27.6 Å². The molecule has 196 valence electrons. The van der Waals surface area contributed by atoms with E-state index >= 15 is 0 Å². The Morgan fingerprint density at radius 1 is 1.14 bits per heavy atom. The maximum atomic E-state index is 13.2. The van der Waals surface area contributed by atoms with Gasteiger partial charge in [0.25, 0.3) is 5.91 Å². The van der Waals surface area contributed by atoms with Crippen molar-refractivity contribution in [2.24, 2.45) is 5.92 Å². The van der Waals surface area contributed by atoms with Gasteiger partial charge in [0.2, 0.25) is 5.91 Å². The third-order valence-electron chi connectivity index (χ3n) is 6.22. The fourth-order valence-electron chi connectivity index (χ4n) is 4.30. The average Bonchev–Trinajstić information content (AvgIpc) is 2.76.